The molecule has 0 aromatic heterocycles. The molecule has 0 radical (unpaired) electrons. The molecule has 3 aromatic rings. The van der Waals surface area contributed by atoms with E-state index in [4.69, 9.17) is 0 Å². The Morgan fingerprint density at radius 1 is 0.824 bits per heavy atom. The van der Waals surface area contributed by atoms with Gasteiger partial charge in [-0.15, -0.1) is 0 Å². The van der Waals surface area contributed by atoms with E-state index < -0.39 is 25.8 Å². The van der Waals surface area contributed by atoms with Crippen molar-refractivity contribution in [2.75, 3.05) is 18.8 Å². The molecule has 0 unspecified atom stereocenters. The highest BCUT2D eigenvalue weighted by atomic mass is 32.2. The first kappa shape index (κ1) is 24.1. The van der Waals surface area contributed by atoms with Crippen LogP contribution in [0.15, 0.2) is 88.7 Å². The molecule has 0 saturated heterocycles. The summed E-state index contributed by atoms with van der Waals surface area (Å²) in [5.74, 6) is -0.541. The molecule has 0 spiro atoms. The van der Waals surface area contributed by atoms with E-state index in [2.05, 4.69) is 5.32 Å². The summed E-state index contributed by atoms with van der Waals surface area (Å²) in [5.41, 5.74) is 2.34. The van der Waals surface area contributed by atoms with Gasteiger partial charge in [0.1, 0.15) is 0 Å². The monoisotopic (exact) mass is 498 g/mol. The summed E-state index contributed by atoms with van der Waals surface area (Å²) in [6.45, 7) is 0.835. The van der Waals surface area contributed by atoms with Crippen molar-refractivity contribution in [3.8, 4) is 0 Å². The van der Waals surface area contributed by atoms with Crippen molar-refractivity contribution in [1.29, 1.82) is 0 Å². The molecule has 0 fully saturated rings. The van der Waals surface area contributed by atoms with Gasteiger partial charge >= 0.3 is 0 Å². The number of amides is 1. The predicted molar refractivity (Wildman–Crippen MR) is 130 cm³/mol. The van der Waals surface area contributed by atoms with Gasteiger partial charge in [-0.1, -0.05) is 48.5 Å². The lowest BCUT2D eigenvalue weighted by atomic mass is 10.0. The zero-order valence-electron chi connectivity index (χ0n) is 18.6. The Hall–Kier alpha value is -3.01. The zero-order valence-corrected chi connectivity index (χ0v) is 20.2. The first-order chi connectivity index (χ1) is 16.3. The summed E-state index contributed by atoms with van der Waals surface area (Å²) in [7, 11) is -7.18. The second-order valence-electron chi connectivity index (χ2n) is 8.13. The summed E-state index contributed by atoms with van der Waals surface area (Å²) in [6, 6.07) is 21.9. The molecule has 0 aliphatic carbocycles. The predicted octanol–water partition coefficient (Wildman–Crippen LogP) is 3.03. The van der Waals surface area contributed by atoms with Crippen LogP contribution in [0.25, 0.3) is 0 Å². The van der Waals surface area contributed by atoms with Gasteiger partial charge in [-0.05, 0) is 54.3 Å². The van der Waals surface area contributed by atoms with Gasteiger partial charge in [0, 0.05) is 25.2 Å². The Bertz CT molecular complexity index is 1390. The maximum absolute atomic E-state index is 13.2. The molecule has 1 aliphatic heterocycles. The van der Waals surface area contributed by atoms with Crippen LogP contribution in [0.3, 0.4) is 0 Å². The van der Waals surface area contributed by atoms with Crippen LogP contribution in [-0.2, 0) is 32.8 Å². The molecule has 4 rings (SSSR count). The fraction of sp³-hybridized carbons (Fsp3) is 0.240. The van der Waals surface area contributed by atoms with Gasteiger partial charge in [0.05, 0.1) is 15.5 Å². The van der Waals surface area contributed by atoms with E-state index in [-0.39, 0.29) is 34.1 Å². The number of sulfonamides is 1. The molecule has 1 heterocycles. The number of carbonyl (C=O) groups is 1. The number of sulfone groups is 1. The normalized spacial score (nSPS) is 14.4. The SMILES string of the molecule is O=C(NCCCS(=O)(=O)c1ccccc1)c1cccc(S(=O)(=O)N2CCc3ccccc3C2)c1. The van der Waals surface area contributed by atoms with E-state index in [0.29, 0.717) is 19.5 Å². The van der Waals surface area contributed by atoms with Gasteiger partial charge < -0.3 is 5.32 Å². The Balaban J connectivity index is 1.38. The van der Waals surface area contributed by atoms with Gasteiger partial charge in [0.2, 0.25) is 10.0 Å². The van der Waals surface area contributed by atoms with Crippen LogP contribution in [0.5, 0.6) is 0 Å². The van der Waals surface area contributed by atoms with Crippen LogP contribution >= 0.6 is 0 Å². The van der Waals surface area contributed by atoms with E-state index in [1.807, 2.05) is 24.3 Å². The molecule has 1 N–H and O–H groups in total. The van der Waals surface area contributed by atoms with E-state index >= 15 is 0 Å². The number of nitrogens with one attached hydrogen (secondary N) is 1. The minimum absolute atomic E-state index is 0.0613. The van der Waals surface area contributed by atoms with Crippen molar-refractivity contribution < 1.29 is 21.6 Å². The van der Waals surface area contributed by atoms with Crippen molar-refractivity contribution in [2.45, 2.75) is 29.2 Å². The molecule has 34 heavy (non-hydrogen) atoms. The molecule has 0 atom stereocenters. The van der Waals surface area contributed by atoms with Crippen LogP contribution < -0.4 is 5.32 Å². The number of rotatable bonds is 8. The number of hydrogen-bond donors (Lipinski definition) is 1. The van der Waals surface area contributed by atoms with Crippen molar-refractivity contribution >= 4 is 25.8 Å². The Labute approximate surface area is 200 Å². The van der Waals surface area contributed by atoms with Gasteiger partial charge in [-0.25, -0.2) is 16.8 Å². The topological polar surface area (TPSA) is 101 Å². The third-order valence-electron chi connectivity index (χ3n) is 5.81. The third-order valence-corrected chi connectivity index (χ3v) is 9.47. The molecule has 3 aromatic carbocycles. The fourth-order valence-electron chi connectivity index (χ4n) is 3.93. The minimum Gasteiger partial charge on any atom is -0.352 e. The van der Waals surface area contributed by atoms with Gasteiger partial charge in [-0.3, -0.25) is 4.79 Å². The molecule has 7 nitrogen and oxygen atoms in total. The summed E-state index contributed by atoms with van der Waals surface area (Å²) in [6.07, 6.45) is 0.885. The lowest BCUT2D eigenvalue weighted by Crippen LogP contribution is -2.36. The summed E-state index contributed by atoms with van der Waals surface area (Å²) >= 11 is 0. The van der Waals surface area contributed by atoms with Crippen molar-refractivity contribution in [2.24, 2.45) is 0 Å². The average molecular weight is 499 g/mol. The van der Waals surface area contributed by atoms with Crippen LogP contribution in [0.2, 0.25) is 0 Å². The summed E-state index contributed by atoms with van der Waals surface area (Å²) < 4.78 is 52.5. The van der Waals surface area contributed by atoms with Crippen molar-refractivity contribution in [3.63, 3.8) is 0 Å². The van der Waals surface area contributed by atoms with Gasteiger partial charge in [0.15, 0.2) is 9.84 Å². The first-order valence-corrected chi connectivity index (χ1v) is 14.1. The third kappa shape index (κ3) is 5.38. The number of carbonyl (C=O) groups excluding carboxylic acids is 1. The molecule has 0 bridgehead atoms. The Morgan fingerprint density at radius 3 is 2.26 bits per heavy atom. The van der Waals surface area contributed by atoms with Crippen molar-refractivity contribution in [1.82, 2.24) is 9.62 Å². The molecule has 178 valence electrons. The zero-order chi connectivity index (χ0) is 24.2. The quantitative estimate of drug-likeness (QED) is 0.481. The standard InChI is InChI=1S/C25H26N2O5S2/c28-25(26-15-7-17-33(29,30)23-11-2-1-3-12-23)21-10-6-13-24(18-21)34(31,32)27-16-14-20-8-4-5-9-22(20)19-27/h1-6,8-13,18H,7,14-17,19H2,(H,26,28). The second kappa shape index (κ2) is 10.1. The smallest absolute Gasteiger partial charge is 0.251 e. The summed E-state index contributed by atoms with van der Waals surface area (Å²) in [5, 5.41) is 2.68. The molecule has 1 amide bonds. The fourth-order valence-corrected chi connectivity index (χ4v) is 6.73. The minimum atomic E-state index is -3.76. The Kier molecular flexibility index (Phi) is 7.16. The van der Waals surface area contributed by atoms with E-state index in [1.54, 1.807) is 42.5 Å². The molecule has 0 saturated carbocycles. The van der Waals surface area contributed by atoms with E-state index in [1.165, 1.54) is 16.4 Å². The lowest BCUT2D eigenvalue weighted by Gasteiger charge is -2.28. The summed E-state index contributed by atoms with van der Waals surface area (Å²) in [4.78, 5) is 12.9. The maximum Gasteiger partial charge on any atom is 0.251 e. The second-order valence-corrected chi connectivity index (χ2v) is 12.2. The lowest BCUT2D eigenvalue weighted by molar-refractivity contribution is 0.0953. The number of fused-ring (bicyclic) bond motifs is 1. The number of benzene rings is 3. The molecular weight excluding hydrogens is 472 g/mol. The highest BCUT2D eigenvalue weighted by Gasteiger charge is 2.28. The maximum atomic E-state index is 13.2. The van der Waals surface area contributed by atoms with Crippen molar-refractivity contribution in [3.05, 3.63) is 95.6 Å². The molecule has 9 heteroatoms. The molecule has 1 aliphatic rings. The van der Waals surface area contributed by atoms with E-state index in [9.17, 15) is 21.6 Å². The Morgan fingerprint density at radius 2 is 1.50 bits per heavy atom. The first-order valence-electron chi connectivity index (χ1n) is 11.0. The van der Waals surface area contributed by atoms with Crippen LogP contribution in [0, 0.1) is 0 Å². The highest BCUT2D eigenvalue weighted by Crippen LogP contribution is 2.25. The van der Waals surface area contributed by atoms with Gasteiger partial charge in [-0.2, -0.15) is 4.31 Å². The largest absolute Gasteiger partial charge is 0.352 e. The van der Waals surface area contributed by atoms with Crippen LogP contribution in [0.1, 0.15) is 27.9 Å². The van der Waals surface area contributed by atoms with E-state index in [0.717, 1.165) is 11.1 Å². The number of nitrogens with zero attached hydrogens (tertiary/aromatic N) is 1. The number of hydrogen-bond acceptors (Lipinski definition) is 5. The van der Waals surface area contributed by atoms with Gasteiger partial charge in [0.25, 0.3) is 5.91 Å². The van der Waals surface area contributed by atoms with Crippen LogP contribution in [-0.4, -0.2) is 45.9 Å². The highest BCUT2D eigenvalue weighted by molar-refractivity contribution is 7.91. The molecular formula is C25H26N2O5S2. The van der Waals surface area contributed by atoms with Crippen LogP contribution in [0.4, 0.5) is 0 Å². The average Bonchev–Trinajstić information content (AvgIpc) is 2.87.